The summed E-state index contributed by atoms with van der Waals surface area (Å²) in [5.74, 6) is -0.0746. The summed E-state index contributed by atoms with van der Waals surface area (Å²) in [6, 6.07) is 2.21. The Labute approximate surface area is 105 Å². The van der Waals surface area contributed by atoms with Gasteiger partial charge in [-0.25, -0.2) is 0 Å². The molecular weight excluding hydrogens is 212 g/mol. The maximum atomic E-state index is 12.3. The monoisotopic (exact) mass is 236 g/mol. The van der Waals surface area contributed by atoms with Crippen LogP contribution in [0.4, 0.5) is 0 Å². The number of carbonyl (C=O) groups excluding carboxylic acids is 1. The number of carbonyl (C=O) groups is 1. The molecule has 1 N–H and O–H groups in total. The van der Waals surface area contributed by atoms with Crippen LogP contribution in [0.1, 0.15) is 65.7 Å². The Morgan fingerprint density at radius 2 is 1.82 bits per heavy atom. The van der Waals surface area contributed by atoms with Crippen molar-refractivity contribution in [3.63, 3.8) is 0 Å². The molecule has 0 aromatic rings. The Hall–Kier alpha value is -1.04. The van der Waals surface area contributed by atoms with Crippen LogP contribution in [0.15, 0.2) is 0 Å². The lowest BCUT2D eigenvalue weighted by Crippen LogP contribution is -2.52. The smallest absolute Gasteiger partial charge is 0.240 e. The summed E-state index contributed by atoms with van der Waals surface area (Å²) in [6.07, 6.45) is 6.85. The van der Waals surface area contributed by atoms with Gasteiger partial charge in [0, 0.05) is 5.54 Å². The molecule has 0 aromatic carbocycles. The molecule has 0 unspecified atom stereocenters. The zero-order valence-corrected chi connectivity index (χ0v) is 11.3. The highest BCUT2D eigenvalue weighted by Crippen LogP contribution is 2.31. The van der Waals surface area contributed by atoms with Gasteiger partial charge in [0.05, 0.1) is 6.07 Å². The maximum Gasteiger partial charge on any atom is 0.240 e. The van der Waals surface area contributed by atoms with Crippen molar-refractivity contribution >= 4 is 5.91 Å². The largest absolute Gasteiger partial charge is 0.350 e. The highest BCUT2D eigenvalue weighted by molar-refractivity contribution is 5.85. The van der Waals surface area contributed by atoms with Gasteiger partial charge in [-0.3, -0.25) is 4.79 Å². The summed E-state index contributed by atoms with van der Waals surface area (Å²) in [5, 5.41) is 12.4. The molecule has 1 saturated carbocycles. The third-order valence-electron chi connectivity index (χ3n) is 4.23. The first-order valence-electron chi connectivity index (χ1n) is 6.76. The third-order valence-corrected chi connectivity index (χ3v) is 4.23. The molecule has 0 aliphatic heterocycles. The van der Waals surface area contributed by atoms with Gasteiger partial charge >= 0.3 is 0 Å². The van der Waals surface area contributed by atoms with Gasteiger partial charge in [0.2, 0.25) is 5.91 Å². The molecule has 0 aromatic heterocycles. The van der Waals surface area contributed by atoms with Crippen molar-refractivity contribution in [1.29, 1.82) is 5.26 Å². The van der Waals surface area contributed by atoms with E-state index in [0.29, 0.717) is 12.8 Å². The summed E-state index contributed by atoms with van der Waals surface area (Å²) in [7, 11) is 0. The summed E-state index contributed by atoms with van der Waals surface area (Å²) in [4.78, 5) is 12.3. The lowest BCUT2D eigenvalue weighted by molar-refractivity contribution is -0.130. The van der Waals surface area contributed by atoms with Gasteiger partial charge in [-0.05, 0) is 32.6 Å². The molecule has 1 fully saturated rings. The highest BCUT2D eigenvalue weighted by atomic mass is 16.2. The van der Waals surface area contributed by atoms with Crippen molar-refractivity contribution in [3.8, 4) is 6.07 Å². The predicted octanol–water partition coefficient (Wildman–Crippen LogP) is 3.16. The van der Waals surface area contributed by atoms with Crippen molar-refractivity contribution in [1.82, 2.24) is 5.32 Å². The summed E-state index contributed by atoms with van der Waals surface area (Å²) in [5.41, 5.74) is -0.928. The Kier molecular flexibility index (Phi) is 4.56. The molecule has 17 heavy (non-hydrogen) atoms. The van der Waals surface area contributed by atoms with Crippen LogP contribution in [0.3, 0.4) is 0 Å². The van der Waals surface area contributed by atoms with E-state index in [2.05, 4.69) is 18.3 Å². The molecule has 0 spiro atoms. The van der Waals surface area contributed by atoms with Crippen molar-refractivity contribution in [3.05, 3.63) is 0 Å². The summed E-state index contributed by atoms with van der Waals surface area (Å²) in [6.45, 7) is 5.93. The van der Waals surface area contributed by atoms with E-state index >= 15 is 0 Å². The van der Waals surface area contributed by atoms with Gasteiger partial charge in [-0.1, -0.05) is 33.1 Å². The van der Waals surface area contributed by atoms with E-state index in [1.165, 1.54) is 19.3 Å². The molecule has 1 aliphatic carbocycles. The number of amides is 1. The highest BCUT2D eigenvalue weighted by Gasteiger charge is 2.39. The van der Waals surface area contributed by atoms with Crippen LogP contribution >= 0.6 is 0 Å². The molecule has 0 heterocycles. The number of nitrogens with one attached hydrogen (secondary N) is 1. The molecule has 0 saturated heterocycles. The van der Waals surface area contributed by atoms with Crippen molar-refractivity contribution in [2.24, 2.45) is 5.41 Å². The predicted molar refractivity (Wildman–Crippen MR) is 68.3 cm³/mol. The van der Waals surface area contributed by atoms with Crippen LogP contribution < -0.4 is 5.32 Å². The Morgan fingerprint density at radius 3 is 2.24 bits per heavy atom. The topological polar surface area (TPSA) is 52.9 Å². The van der Waals surface area contributed by atoms with E-state index in [-0.39, 0.29) is 11.4 Å². The molecule has 1 aliphatic rings. The number of rotatable bonds is 4. The van der Waals surface area contributed by atoms with E-state index in [1.54, 1.807) is 0 Å². The van der Waals surface area contributed by atoms with Crippen molar-refractivity contribution in [2.75, 3.05) is 0 Å². The normalized spacial score (nSPS) is 19.4. The molecular formula is C14H24N2O. The Morgan fingerprint density at radius 1 is 1.29 bits per heavy atom. The number of hydrogen-bond donors (Lipinski definition) is 1. The van der Waals surface area contributed by atoms with Crippen molar-refractivity contribution < 1.29 is 4.79 Å². The lowest BCUT2D eigenvalue weighted by atomic mass is 9.79. The molecule has 3 heteroatoms. The SMILES string of the molecule is CCC(C#N)(CC)C(=O)NC1(C)CCCCC1. The second-order valence-electron chi connectivity index (χ2n) is 5.48. The van der Waals surface area contributed by atoms with Crippen LogP contribution in [0, 0.1) is 16.7 Å². The van der Waals surface area contributed by atoms with Crippen LogP contribution in [-0.4, -0.2) is 11.4 Å². The standard InChI is InChI=1S/C14H24N2O/c1-4-14(5-2,11-15)12(17)16-13(3)9-7-6-8-10-13/h4-10H2,1-3H3,(H,16,17). The van der Waals surface area contributed by atoms with Gasteiger partial charge in [-0.2, -0.15) is 5.26 Å². The van der Waals surface area contributed by atoms with E-state index < -0.39 is 5.41 Å². The first-order chi connectivity index (χ1) is 8.02. The second-order valence-corrected chi connectivity index (χ2v) is 5.48. The molecule has 3 nitrogen and oxygen atoms in total. The fourth-order valence-corrected chi connectivity index (χ4v) is 2.63. The van der Waals surface area contributed by atoms with E-state index in [1.807, 2.05) is 13.8 Å². The lowest BCUT2D eigenvalue weighted by Gasteiger charge is -2.37. The zero-order chi connectivity index (χ0) is 12.9. The fourth-order valence-electron chi connectivity index (χ4n) is 2.63. The average molecular weight is 236 g/mol. The van der Waals surface area contributed by atoms with Gasteiger partial charge in [0.15, 0.2) is 0 Å². The number of nitrogens with zero attached hydrogens (tertiary/aromatic N) is 1. The first kappa shape index (κ1) is 14.0. The van der Waals surface area contributed by atoms with Gasteiger partial charge in [0.25, 0.3) is 0 Å². The summed E-state index contributed by atoms with van der Waals surface area (Å²) < 4.78 is 0. The minimum Gasteiger partial charge on any atom is -0.350 e. The zero-order valence-electron chi connectivity index (χ0n) is 11.3. The minimum absolute atomic E-state index is 0.0746. The maximum absolute atomic E-state index is 12.3. The van der Waals surface area contributed by atoms with Crippen molar-refractivity contribution in [2.45, 2.75) is 71.3 Å². The fraction of sp³-hybridized carbons (Fsp3) is 0.857. The van der Waals surface area contributed by atoms with Crippen LogP contribution in [-0.2, 0) is 4.79 Å². The Bertz CT molecular complexity index is 307. The van der Waals surface area contributed by atoms with E-state index in [0.717, 1.165) is 12.8 Å². The van der Waals surface area contributed by atoms with Gasteiger partial charge in [0.1, 0.15) is 5.41 Å². The number of nitriles is 1. The molecule has 0 radical (unpaired) electrons. The molecule has 0 atom stereocenters. The molecule has 0 bridgehead atoms. The van der Waals surface area contributed by atoms with Crippen LogP contribution in [0.25, 0.3) is 0 Å². The second kappa shape index (κ2) is 5.53. The van der Waals surface area contributed by atoms with Gasteiger partial charge < -0.3 is 5.32 Å². The van der Waals surface area contributed by atoms with E-state index in [4.69, 9.17) is 0 Å². The third kappa shape index (κ3) is 3.00. The van der Waals surface area contributed by atoms with Gasteiger partial charge in [-0.15, -0.1) is 0 Å². The first-order valence-corrected chi connectivity index (χ1v) is 6.76. The van der Waals surface area contributed by atoms with Crippen LogP contribution in [0.5, 0.6) is 0 Å². The average Bonchev–Trinajstić information content (AvgIpc) is 2.32. The Balaban J connectivity index is 2.73. The van der Waals surface area contributed by atoms with E-state index in [9.17, 15) is 10.1 Å². The molecule has 1 rings (SSSR count). The summed E-state index contributed by atoms with van der Waals surface area (Å²) >= 11 is 0. The molecule has 1 amide bonds. The van der Waals surface area contributed by atoms with Crippen LogP contribution in [0.2, 0.25) is 0 Å². The minimum atomic E-state index is -0.833. The quantitative estimate of drug-likeness (QED) is 0.815. The number of hydrogen-bond acceptors (Lipinski definition) is 2. The molecule has 96 valence electrons.